The van der Waals surface area contributed by atoms with E-state index in [2.05, 4.69) is 0 Å². The minimum Gasteiger partial charge on any atom is -0.449 e. The number of ether oxygens (including phenoxy) is 2. The van der Waals surface area contributed by atoms with Crippen molar-refractivity contribution < 1.29 is 32.2 Å². The molecule has 0 aliphatic rings. The molecule has 0 amide bonds. The lowest BCUT2D eigenvalue weighted by Crippen LogP contribution is -2.33. The molecule has 0 N–H and O–H groups in total. The Balaban J connectivity index is 2.12. The van der Waals surface area contributed by atoms with Gasteiger partial charge in [0.15, 0.2) is 6.10 Å². The first kappa shape index (κ1) is 22.0. The van der Waals surface area contributed by atoms with Gasteiger partial charge in [0.1, 0.15) is 5.75 Å². The third-order valence-corrected chi connectivity index (χ3v) is 4.26. The highest BCUT2D eigenvalue weighted by molar-refractivity contribution is 6.61. The van der Waals surface area contributed by atoms with Gasteiger partial charge in [0.05, 0.1) is 5.56 Å². The van der Waals surface area contributed by atoms with Crippen LogP contribution in [0.1, 0.15) is 49.4 Å². The number of halogens is 4. The molecule has 152 valence electrons. The topological polar surface area (TPSA) is 52.6 Å². The van der Waals surface area contributed by atoms with E-state index in [0.717, 1.165) is 12.8 Å². The van der Waals surface area contributed by atoms with Gasteiger partial charge in [-0.1, -0.05) is 38.3 Å². The minimum atomic E-state index is -4.61. The lowest BCUT2D eigenvalue weighted by molar-refractivity contribution is -0.206. The second-order valence-electron chi connectivity index (χ2n) is 6.35. The van der Waals surface area contributed by atoms with E-state index in [9.17, 15) is 22.8 Å². The number of carbonyl (C=O) groups excluding carboxylic acids is 2. The van der Waals surface area contributed by atoms with E-state index in [-0.39, 0.29) is 17.7 Å². The Labute approximate surface area is 165 Å². The van der Waals surface area contributed by atoms with Crippen molar-refractivity contribution in [1.82, 2.24) is 0 Å². The monoisotopic (exact) mass is 416 g/mol. The summed E-state index contributed by atoms with van der Waals surface area (Å²) in [5, 5.41) is 1.20. The van der Waals surface area contributed by atoms with Crippen LogP contribution >= 0.6 is 11.6 Å². The van der Waals surface area contributed by atoms with Crippen molar-refractivity contribution in [1.29, 1.82) is 0 Å². The third kappa shape index (κ3) is 6.41. The van der Waals surface area contributed by atoms with Gasteiger partial charge in [-0.25, -0.2) is 9.59 Å². The molecule has 0 aliphatic heterocycles. The molecule has 0 spiro atoms. The second-order valence-corrected chi connectivity index (χ2v) is 6.66. The Hall–Kier alpha value is -2.28. The summed E-state index contributed by atoms with van der Waals surface area (Å²) in [5.41, 5.74) is -0.978. The number of fused-ring (bicyclic) bond motifs is 1. The summed E-state index contributed by atoms with van der Waals surface area (Å²) < 4.78 is 49.0. The maximum absolute atomic E-state index is 13.2. The maximum atomic E-state index is 13.2. The second kappa shape index (κ2) is 9.78. The fourth-order valence-electron chi connectivity index (χ4n) is 2.75. The van der Waals surface area contributed by atoms with Crippen LogP contribution < -0.4 is 4.74 Å². The van der Waals surface area contributed by atoms with Gasteiger partial charge in [0.2, 0.25) is 0 Å². The Morgan fingerprint density at radius 3 is 2.36 bits per heavy atom. The largest absolute Gasteiger partial charge is 0.449 e. The van der Waals surface area contributed by atoms with E-state index >= 15 is 0 Å². The summed E-state index contributed by atoms with van der Waals surface area (Å²) in [6.45, 7) is 1.96. The summed E-state index contributed by atoms with van der Waals surface area (Å²) >= 11 is 5.15. The molecule has 0 saturated carbocycles. The molecular weight excluding hydrogens is 397 g/mol. The molecule has 0 aromatic heterocycles. The molecule has 2 aromatic rings. The van der Waals surface area contributed by atoms with Gasteiger partial charge in [-0.2, -0.15) is 13.2 Å². The highest BCUT2D eigenvalue weighted by Gasteiger charge is 2.42. The summed E-state index contributed by atoms with van der Waals surface area (Å²) in [5.74, 6) is -0.817. The van der Waals surface area contributed by atoms with Crippen molar-refractivity contribution in [3.8, 4) is 5.75 Å². The standard InChI is InChI=1S/C20H20ClF3O4/c1-2-3-4-5-6-17(20(22,23)24)28-18(25)15-8-7-14-12-16(27-19(21)26)10-9-13(14)11-15/h7-12,17H,2-6H2,1H3. The number of hydrogen-bond donors (Lipinski definition) is 0. The van der Waals surface area contributed by atoms with Gasteiger partial charge in [-0.15, -0.1) is 0 Å². The van der Waals surface area contributed by atoms with E-state index in [4.69, 9.17) is 21.1 Å². The molecule has 2 aromatic carbocycles. The number of benzene rings is 2. The van der Waals surface area contributed by atoms with E-state index in [1.54, 1.807) is 6.07 Å². The quantitative estimate of drug-likeness (QED) is 0.275. The Morgan fingerprint density at radius 1 is 1.04 bits per heavy atom. The zero-order valence-corrected chi connectivity index (χ0v) is 16.0. The van der Waals surface area contributed by atoms with Crippen LogP contribution in [0.25, 0.3) is 10.8 Å². The predicted octanol–water partition coefficient (Wildman–Crippen LogP) is 6.64. The normalized spacial score (nSPS) is 12.6. The van der Waals surface area contributed by atoms with Crippen molar-refractivity contribution in [2.45, 2.75) is 51.3 Å². The molecule has 0 fully saturated rings. The van der Waals surface area contributed by atoms with E-state index in [0.29, 0.717) is 23.6 Å². The van der Waals surface area contributed by atoms with E-state index in [1.165, 1.54) is 30.3 Å². The van der Waals surface area contributed by atoms with Crippen molar-refractivity contribution in [2.75, 3.05) is 0 Å². The van der Waals surface area contributed by atoms with Crippen molar-refractivity contribution >= 4 is 33.8 Å². The number of rotatable bonds is 8. The van der Waals surface area contributed by atoms with Crippen molar-refractivity contribution in [3.63, 3.8) is 0 Å². The van der Waals surface area contributed by atoms with Crippen LogP contribution in [-0.2, 0) is 4.74 Å². The molecule has 1 unspecified atom stereocenters. The molecule has 0 bridgehead atoms. The van der Waals surface area contributed by atoms with Gasteiger partial charge < -0.3 is 9.47 Å². The van der Waals surface area contributed by atoms with Crippen LogP contribution in [0.3, 0.4) is 0 Å². The maximum Gasteiger partial charge on any atom is 0.425 e. The molecular formula is C20H20ClF3O4. The summed E-state index contributed by atoms with van der Waals surface area (Å²) in [4.78, 5) is 23.0. The smallest absolute Gasteiger partial charge is 0.425 e. The highest BCUT2D eigenvalue weighted by atomic mass is 35.5. The molecule has 28 heavy (non-hydrogen) atoms. The highest BCUT2D eigenvalue weighted by Crippen LogP contribution is 2.29. The predicted molar refractivity (Wildman–Crippen MR) is 99.8 cm³/mol. The lowest BCUT2D eigenvalue weighted by atomic mass is 10.1. The zero-order valence-electron chi connectivity index (χ0n) is 15.2. The number of carbonyl (C=O) groups is 2. The fourth-order valence-corrected chi connectivity index (χ4v) is 2.84. The lowest BCUT2D eigenvalue weighted by Gasteiger charge is -2.20. The van der Waals surface area contributed by atoms with Crippen LogP contribution in [0.2, 0.25) is 0 Å². The number of hydrogen-bond acceptors (Lipinski definition) is 4. The van der Waals surface area contributed by atoms with Gasteiger partial charge in [-0.05, 0) is 47.9 Å². The van der Waals surface area contributed by atoms with Gasteiger partial charge in [-0.3, -0.25) is 0 Å². The Morgan fingerprint density at radius 2 is 1.71 bits per heavy atom. The Bertz CT molecular complexity index is 836. The number of esters is 1. The van der Waals surface area contributed by atoms with Gasteiger partial charge in [0.25, 0.3) is 0 Å². The van der Waals surface area contributed by atoms with Crippen LogP contribution in [0.15, 0.2) is 36.4 Å². The van der Waals surface area contributed by atoms with Gasteiger partial charge in [0, 0.05) is 11.6 Å². The first-order valence-electron chi connectivity index (χ1n) is 8.89. The van der Waals surface area contributed by atoms with Gasteiger partial charge >= 0.3 is 17.6 Å². The van der Waals surface area contributed by atoms with Crippen LogP contribution in [0.5, 0.6) is 5.75 Å². The zero-order chi connectivity index (χ0) is 20.7. The van der Waals surface area contributed by atoms with Crippen LogP contribution in [-0.4, -0.2) is 23.7 Å². The van der Waals surface area contributed by atoms with Crippen molar-refractivity contribution in [3.05, 3.63) is 42.0 Å². The molecule has 1 atom stereocenters. The SMILES string of the molecule is CCCCCCC(OC(=O)c1ccc2cc(OC(=O)Cl)ccc2c1)C(F)(F)F. The summed E-state index contributed by atoms with van der Waals surface area (Å²) in [6.07, 6.45) is -4.26. The fraction of sp³-hybridized carbons (Fsp3) is 0.400. The molecule has 4 nitrogen and oxygen atoms in total. The number of alkyl halides is 3. The summed E-state index contributed by atoms with van der Waals surface area (Å²) in [7, 11) is 0. The van der Waals surface area contributed by atoms with Crippen molar-refractivity contribution in [2.24, 2.45) is 0 Å². The Kier molecular flexibility index (Phi) is 7.69. The van der Waals surface area contributed by atoms with Crippen LogP contribution in [0.4, 0.5) is 18.0 Å². The summed E-state index contributed by atoms with van der Waals surface area (Å²) in [6, 6.07) is 8.87. The molecule has 8 heteroatoms. The average Bonchev–Trinajstić information content (AvgIpc) is 2.62. The first-order chi connectivity index (χ1) is 13.2. The van der Waals surface area contributed by atoms with E-state index in [1.807, 2.05) is 6.92 Å². The first-order valence-corrected chi connectivity index (χ1v) is 9.27. The minimum absolute atomic E-state index is 0.0115. The molecule has 0 radical (unpaired) electrons. The molecule has 2 rings (SSSR count). The average molecular weight is 417 g/mol. The van der Waals surface area contributed by atoms with E-state index < -0.39 is 23.7 Å². The number of unbranched alkanes of at least 4 members (excludes halogenated alkanes) is 3. The molecule has 0 aliphatic carbocycles. The molecule has 0 saturated heterocycles. The molecule has 0 heterocycles. The van der Waals surface area contributed by atoms with Crippen LogP contribution in [0, 0.1) is 0 Å². The third-order valence-electron chi connectivity index (χ3n) is 4.18.